The van der Waals surface area contributed by atoms with Gasteiger partial charge < -0.3 is 10.2 Å². The van der Waals surface area contributed by atoms with Crippen LogP contribution >= 0.6 is 0 Å². The highest BCUT2D eigenvalue weighted by Crippen LogP contribution is 2.15. The second kappa shape index (κ2) is 7.44. The summed E-state index contributed by atoms with van der Waals surface area (Å²) >= 11 is 0. The van der Waals surface area contributed by atoms with Crippen molar-refractivity contribution in [3.63, 3.8) is 0 Å². The lowest BCUT2D eigenvalue weighted by Crippen LogP contribution is -2.44. The van der Waals surface area contributed by atoms with Crippen molar-refractivity contribution in [1.82, 2.24) is 10.2 Å². The van der Waals surface area contributed by atoms with Gasteiger partial charge in [0, 0.05) is 12.6 Å². The van der Waals surface area contributed by atoms with Crippen molar-refractivity contribution >= 4 is 5.91 Å². The van der Waals surface area contributed by atoms with E-state index in [1.165, 1.54) is 5.56 Å². The third kappa shape index (κ3) is 4.64. The van der Waals surface area contributed by atoms with E-state index in [-0.39, 0.29) is 17.9 Å². The number of aryl methyl sites for hydroxylation is 1. The highest BCUT2D eigenvalue weighted by Gasteiger charge is 2.24. The molecule has 110 valence electrons. The summed E-state index contributed by atoms with van der Waals surface area (Å²) in [6.45, 7) is 4.12. The lowest BCUT2D eigenvalue weighted by atomic mass is 9.97. The molecule has 1 aliphatic rings. The van der Waals surface area contributed by atoms with Crippen molar-refractivity contribution in [3.8, 4) is 0 Å². The molecule has 20 heavy (non-hydrogen) atoms. The predicted molar refractivity (Wildman–Crippen MR) is 82.6 cm³/mol. The SMILES string of the molecule is C[C@H](CCc1ccccc1)NC(=O)[C@H]1CCCN(C)C1. The van der Waals surface area contributed by atoms with Gasteiger partial charge in [0.25, 0.3) is 0 Å². The summed E-state index contributed by atoms with van der Waals surface area (Å²) in [6.07, 6.45) is 4.18. The van der Waals surface area contributed by atoms with Crippen LogP contribution in [0, 0.1) is 5.92 Å². The molecule has 3 nitrogen and oxygen atoms in total. The van der Waals surface area contributed by atoms with E-state index in [2.05, 4.69) is 48.5 Å². The highest BCUT2D eigenvalue weighted by molar-refractivity contribution is 5.79. The highest BCUT2D eigenvalue weighted by atomic mass is 16.2. The minimum Gasteiger partial charge on any atom is -0.353 e. The number of piperidine rings is 1. The van der Waals surface area contributed by atoms with Crippen LogP contribution in [0.25, 0.3) is 0 Å². The van der Waals surface area contributed by atoms with Crippen LogP contribution < -0.4 is 5.32 Å². The summed E-state index contributed by atoms with van der Waals surface area (Å²) in [5, 5.41) is 3.17. The Morgan fingerprint density at radius 1 is 1.40 bits per heavy atom. The van der Waals surface area contributed by atoms with E-state index in [0.29, 0.717) is 0 Å². The van der Waals surface area contributed by atoms with E-state index in [1.807, 2.05) is 6.07 Å². The third-order valence-corrected chi connectivity index (χ3v) is 4.09. The molecule has 1 aliphatic heterocycles. The zero-order chi connectivity index (χ0) is 14.4. The molecular formula is C17H26N2O. The van der Waals surface area contributed by atoms with Crippen LogP contribution in [0.1, 0.15) is 31.7 Å². The number of carbonyl (C=O) groups excluding carboxylic acids is 1. The quantitative estimate of drug-likeness (QED) is 0.894. The molecule has 1 aromatic rings. The number of benzene rings is 1. The summed E-state index contributed by atoms with van der Waals surface area (Å²) in [5.41, 5.74) is 1.34. The Labute approximate surface area is 122 Å². The van der Waals surface area contributed by atoms with Gasteiger partial charge in [-0.1, -0.05) is 30.3 Å². The Kier molecular flexibility index (Phi) is 5.60. The Bertz CT molecular complexity index is 418. The molecule has 2 atom stereocenters. The maximum absolute atomic E-state index is 12.2. The van der Waals surface area contributed by atoms with Crippen molar-refractivity contribution in [3.05, 3.63) is 35.9 Å². The van der Waals surface area contributed by atoms with E-state index >= 15 is 0 Å². The molecule has 3 heteroatoms. The van der Waals surface area contributed by atoms with E-state index in [1.54, 1.807) is 0 Å². The summed E-state index contributed by atoms with van der Waals surface area (Å²) in [6, 6.07) is 10.7. The number of hydrogen-bond donors (Lipinski definition) is 1. The molecule has 0 bridgehead atoms. The van der Waals surface area contributed by atoms with Gasteiger partial charge in [0.1, 0.15) is 0 Å². The van der Waals surface area contributed by atoms with E-state index in [4.69, 9.17) is 0 Å². The van der Waals surface area contributed by atoms with Gasteiger partial charge in [-0.2, -0.15) is 0 Å². The van der Waals surface area contributed by atoms with Crippen LogP contribution in [-0.4, -0.2) is 37.0 Å². The van der Waals surface area contributed by atoms with Crippen LogP contribution in [0.4, 0.5) is 0 Å². The molecule has 1 heterocycles. The lowest BCUT2D eigenvalue weighted by molar-refractivity contribution is -0.127. The van der Waals surface area contributed by atoms with Crippen molar-refractivity contribution in [1.29, 1.82) is 0 Å². The lowest BCUT2D eigenvalue weighted by Gasteiger charge is -2.29. The number of rotatable bonds is 5. The number of likely N-dealkylation sites (tertiary alicyclic amines) is 1. The fraction of sp³-hybridized carbons (Fsp3) is 0.588. The van der Waals surface area contributed by atoms with Crippen molar-refractivity contribution in [2.45, 2.75) is 38.6 Å². The first-order chi connectivity index (χ1) is 9.65. The van der Waals surface area contributed by atoms with Gasteiger partial charge in [-0.25, -0.2) is 0 Å². The Morgan fingerprint density at radius 2 is 2.15 bits per heavy atom. The Morgan fingerprint density at radius 3 is 2.85 bits per heavy atom. The summed E-state index contributed by atoms with van der Waals surface area (Å²) in [5.74, 6) is 0.407. The van der Waals surface area contributed by atoms with Crippen molar-refractivity contribution in [2.75, 3.05) is 20.1 Å². The van der Waals surface area contributed by atoms with Crippen LogP contribution in [0.5, 0.6) is 0 Å². The van der Waals surface area contributed by atoms with E-state index in [9.17, 15) is 4.79 Å². The summed E-state index contributed by atoms with van der Waals surface area (Å²) in [4.78, 5) is 14.5. The smallest absolute Gasteiger partial charge is 0.224 e. The van der Waals surface area contributed by atoms with Gasteiger partial charge in [0.15, 0.2) is 0 Å². The van der Waals surface area contributed by atoms with Crippen LogP contribution in [-0.2, 0) is 11.2 Å². The fourth-order valence-corrected chi connectivity index (χ4v) is 2.84. The van der Waals surface area contributed by atoms with Gasteiger partial charge in [0.2, 0.25) is 5.91 Å². The molecule has 0 aromatic heterocycles. The normalized spacial score (nSPS) is 21.4. The number of hydrogen-bond acceptors (Lipinski definition) is 2. The predicted octanol–water partition coefficient (Wildman–Crippen LogP) is 2.47. The van der Waals surface area contributed by atoms with Gasteiger partial charge in [-0.3, -0.25) is 4.79 Å². The molecule has 1 N–H and O–H groups in total. The number of carbonyl (C=O) groups is 1. The number of nitrogens with one attached hydrogen (secondary N) is 1. The average molecular weight is 274 g/mol. The topological polar surface area (TPSA) is 32.3 Å². The average Bonchev–Trinajstić information content (AvgIpc) is 2.46. The first-order valence-corrected chi connectivity index (χ1v) is 7.68. The second-order valence-corrected chi connectivity index (χ2v) is 6.04. The molecule has 1 amide bonds. The first-order valence-electron chi connectivity index (χ1n) is 7.68. The van der Waals surface area contributed by atoms with E-state index < -0.39 is 0 Å². The molecular weight excluding hydrogens is 248 g/mol. The fourth-order valence-electron chi connectivity index (χ4n) is 2.84. The minimum atomic E-state index is 0.174. The maximum Gasteiger partial charge on any atom is 0.224 e. The van der Waals surface area contributed by atoms with Gasteiger partial charge in [0.05, 0.1) is 5.92 Å². The van der Waals surface area contributed by atoms with Gasteiger partial charge in [-0.05, 0) is 51.8 Å². The molecule has 0 spiro atoms. The standard InChI is InChI=1S/C17H26N2O/c1-14(10-11-15-7-4-3-5-8-15)18-17(20)16-9-6-12-19(2)13-16/h3-5,7-8,14,16H,6,9-13H2,1-2H3,(H,18,20)/t14-,16+/m1/s1. The molecule has 1 aromatic carbocycles. The van der Waals surface area contributed by atoms with Crippen molar-refractivity contribution in [2.24, 2.45) is 5.92 Å². The first kappa shape index (κ1) is 15.0. The van der Waals surface area contributed by atoms with Gasteiger partial charge >= 0.3 is 0 Å². The maximum atomic E-state index is 12.2. The molecule has 1 saturated heterocycles. The minimum absolute atomic E-state index is 0.174. The zero-order valence-electron chi connectivity index (χ0n) is 12.6. The zero-order valence-corrected chi connectivity index (χ0v) is 12.6. The summed E-state index contributed by atoms with van der Waals surface area (Å²) in [7, 11) is 2.10. The van der Waals surface area contributed by atoms with Crippen LogP contribution in [0.3, 0.4) is 0 Å². The molecule has 0 saturated carbocycles. The Hall–Kier alpha value is -1.35. The summed E-state index contributed by atoms with van der Waals surface area (Å²) < 4.78 is 0. The van der Waals surface area contributed by atoms with Crippen LogP contribution in [0.15, 0.2) is 30.3 Å². The number of nitrogens with zero attached hydrogens (tertiary/aromatic N) is 1. The molecule has 1 fully saturated rings. The molecule has 2 rings (SSSR count). The second-order valence-electron chi connectivity index (χ2n) is 6.04. The number of amides is 1. The molecule has 0 unspecified atom stereocenters. The molecule has 0 radical (unpaired) electrons. The van der Waals surface area contributed by atoms with E-state index in [0.717, 1.165) is 38.8 Å². The van der Waals surface area contributed by atoms with Gasteiger partial charge in [-0.15, -0.1) is 0 Å². The monoisotopic (exact) mass is 274 g/mol. The van der Waals surface area contributed by atoms with Crippen LogP contribution in [0.2, 0.25) is 0 Å². The largest absolute Gasteiger partial charge is 0.353 e. The van der Waals surface area contributed by atoms with Crippen molar-refractivity contribution < 1.29 is 4.79 Å². The third-order valence-electron chi connectivity index (χ3n) is 4.09. The molecule has 0 aliphatic carbocycles. The Balaban J connectivity index is 1.73.